The first-order chi connectivity index (χ1) is 15.1. The minimum Gasteiger partial charge on any atom is -0.486 e. The second-order valence-corrected chi connectivity index (χ2v) is 7.86. The number of hydrogen-bond acceptors (Lipinski definition) is 6. The summed E-state index contributed by atoms with van der Waals surface area (Å²) in [6.45, 7) is 6.93. The molecule has 0 bridgehead atoms. The van der Waals surface area contributed by atoms with E-state index in [1.807, 2.05) is 48.2 Å². The van der Waals surface area contributed by atoms with Crippen LogP contribution in [0.5, 0.6) is 5.75 Å². The zero-order chi connectivity index (χ0) is 21.6. The summed E-state index contributed by atoms with van der Waals surface area (Å²) in [6.07, 6.45) is 0. The number of carbonyl (C=O) groups excluding carboxylic acids is 1. The second kappa shape index (κ2) is 9.89. The first-order valence-electron chi connectivity index (χ1n) is 10.4. The highest BCUT2D eigenvalue weighted by atomic mass is 35.5. The molecular weight excluding hydrogens is 416 g/mol. The molecule has 4 rings (SSSR count). The largest absolute Gasteiger partial charge is 0.486 e. The van der Waals surface area contributed by atoms with E-state index < -0.39 is 0 Å². The van der Waals surface area contributed by atoms with E-state index in [1.54, 1.807) is 16.8 Å². The zero-order valence-electron chi connectivity index (χ0n) is 17.4. The molecule has 162 valence electrons. The van der Waals surface area contributed by atoms with Gasteiger partial charge in [0.2, 0.25) is 0 Å². The maximum Gasteiger partial charge on any atom is 0.253 e. The molecule has 0 atom stereocenters. The van der Waals surface area contributed by atoms with Gasteiger partial charge in [-0.15, -0.1) is 5.10 Å². The van der Waals surface area contributed by atoms with Crippen LogP contribution in [0.15, 0.2) is 48.5 Å². The Morgan fingerprint density at radius 3 is 2.42 bits per heavy atom. The van der Waals surface area contributed by atoms with Crippen LogP contribution >= 0.6 is 11.6 Å². The van der Waals surface area contributed by atoms with Crippen LogP contribution in [-0.4, -0.2) is 62.1 Å². The van der Waals surface area contributed by atoms with Crippen molar-refractivity contribution in [1.29, 1.82) is 0 Å². The number of nitrogens with zero attached hydrogens (tertiary/aromatic N) is 6. The molecule has 8 nitrogen and oxygen atoms in total. The lowest BCUT2D eigenvalue weighted by molar-refractivity contribution is 0.0628. The second-order valence-electron chi connectivity index (χ2n) is 7.42. The van der Waals surface area contributed by atoms with E-state index in [0.717, 1.165) is 24.7 Å². The molecule has 1 aliphatic rings. The van der Waals surface area contributed by atoms with E-state index in [2.05, 4.69) is 20.4 Å². The SMILES string of the molecule is CCn1nnnc1COc1ccc(C(=O)N2CCN(Cc3ccc(Cl)cc3)CC2)cc1. The standard InChI is InChI=1S/C22H25ClN6O2/c1-2-29-21(24-25-26-29)16-31-20-9-5-18(6-10-20)22(30)28-13-11-27(12-14-28)15-17-3-7-19(23)8-4-17/h3-10H,2,11-16H2,1H3. The number of aryl methyl sites for hydroxylation is 1. The highest BCUT2D eigenvalue weighted by molar-refractivity contribution is 6.30. The third-order valence-electron chi connectivity index (χ3n) is 5.35. The van der Waals surface area contributed by atoms with Crippen molar-refractivity contribution in [2.45, 2.75) is 26.6 Å². The number of rotatable bonds is 7. The Balaban J connectivity index is 1.27. The lowest BCUT2D eigenvalue weighted by atomic mass is 10.1. The molecule has 1 amide bonds. The lowest BCUT2D eigenvalue weighted by Gasteiger charge is -2.34. The minimum atomic E-state index is 0.0487. The van der Waals surface area contributed by atoms with Crippen molar-refractivity contribution in [2.24, 2.45) is 0 Å². The van der Waals surface area contributed by atoms with Gasteiger partial charge in [-0.25, -0.2) is 4.68 Å². The Kier molecular flexibility index (Phi) is 6.79. The number of piperazine rings is 1. The predicted molar refractivity (Wildman–Crippen MR) is 117 cm³/mol. The number of tetrazole rings is 1. The van der Waals surface area contributed by atoms with Crippen molar-refractivity contribution in [2.75, 3.05) is 26.2 Å². The summed E-state index contributed by atoms with van der Waals surface area (Å²) in [5, 5.41) is 12.2. The van der Waals surface area contributed by atoms with Crippen molar-refractivity contribution in [3.05, 3.63) is 70.5 Å². The molecule has 0 N–H and O–H groups in total. The molecule has 0 radical (unpaired) electrons. The zero-order valence-corrected chi connectivity index (χ0v) is 18.2. The third-order valence-corrected chi connectivity index (χ3v) is 5.61. The van der Waals surface area contributed by atoms with Gasteiger partial charge in [0.1, 0.15) is 12.4 Å². The van der Waals surface area contributed by atoms with Crippen molar-refractivity contribution in [1.82, 2.24) is 30.0 Å². The first kappa shape index (κ1) is 21.3. The van der Waals surface area contributed by atoms with Gasteiger partial charge in [-0.2, -0.15) is 0 Å². The number of aromatic nitrogens is 4. The van der Waals surface area contributed by atoms with Gasteiger partial charge < -0.3 is 9.64 Å². The van der Waals surface area contributed by atoms with Gasteiger partial charge in [0.05, 0.1) is 0 Å². The molecule has 0 spiro atoms. The van der Waals surface area contributed by atoms with Gasteiger partial charge in [0.25, 0.3) is 5.91 Å². The van der Waals surface area contributed by atoms with Crippen LogP contribution in [0.2, 0.25) is 5.02 Å². The average molecular weight is 441 g/mol. The summed E-state index contributed by atoms with van der Waals surface area (Å²) in [7, 11) is 0. The quantitative estimate of drug-likeness (QED) is 0.562. The van der Waals surface area contributed by atoms with E-state index >= 15 is 0 Å². The van der Waals surface area contributed by atoms with Crippen molar-refractivity contribution in [3.8, 4) is 5.75 Å². The maximum atomic E-state index is 12.9. The normalized spacial score (nSPS) is 14.6. The number of amides is 1. The van der Waals surface area contributed by atoms with Crippen molar-refractivity contribution < 1.29 is 9.53 Å². The third kappa shape index (κ3) is 5.39. The van der Waals surface area contributed by atoms with Gasteiger partial charge in [-0.1, -0.05) is 23.7 Å². The Hall–Kier alpha value is -2.97. The Bertz CT molecular complexity index is 998. The van der Waals surface area contributed by atoms with Crippen LogP contribution in [0.25, 0.3) is 0 Å². The number of benzene rings is 2. The van der Waals surface area contributed by atoms with Gasteiger partial charge >= 0.3 is 0 Å². The summed E-state index contributed by atoms with van der Waals surface area (Å²) < 4.78 is 7.43. The smallest absolute Gasteiger partial charge is 0.253 e. The van der Waals surface area contributed by atoms with E-state index in [4.69, 9.17) is 16.3 Å². The van der Waals surface area contributed by atoms with Gasteiger partial charge in [0, 0.05) is 49.9 Å². The summed E-state index contributed by atoms with van der Waals surface area (Å²) >= 11 is 5.96. The molecule has 2 aromatic carbocycles. The lowest BCUT2D eigenvalue weighted by Crippen LogP contribution is -2.48. The van der Waals surface area contributed by atoms with Crippen LogP contribution < -0.4 is 4.74 Å². The molecule has 1 aromatic heterocycles. The summed E-state index contributed by atoms with van der Waals surface area (Å²) in [4.78, 5) is 17.1. The van der Waals surface area contributed by atoms with Crippen LogP contribution in [-0.2, 0) is 19.7 Å². The molecule has 2 heterocycles. The monoisotopic (exact) mass is 440 g/mol. The first-order valence-corrected chi connectivity index (χ1v) is 10.7. The summed E-state index contributed by atoms with van der Waals surface area (Å²) in [5.41, 5.74) is 1.89. The fourth-order valence-electron chi connectivity index (χ4n) is 3.55. The van der Waals surface area contributed by atoms with Crippen molar-refractivity contribution >= 4 is 17.5 Å². The average Bonchev–Trinajstić information content (AvgIpc) is 3.27. The van der Waals surface area contributed by atoms with E-state index in [-0.39, 0.29) is 12.5 Å². The molecule has 3 aromatic rings. The van der Waals surface area contributed by atoms with Crippen LogP contribution in [0.1, 0.15) is 28.7 Å². The molecule has 9 heteroatoms. The molecule has 1 saturated heterocycles. The topological polar surface area (TPSA) is 76.4 Å². The number of hydrogen-bond donors (Lipinski definition) is 0. The molecule has 0 aliphatic carbocycles. The van der Waals surface area contributed by atoms with Crippen molar-refractivity contribution in [3.63, 3.8) is 0 Å². The van der Waals surface area contributed by atoms with Crippen LogP contribution in [0.3, 0.4) is 0 Å². The van der Waals surface area contributed by atoms with E-state index in [0.29, 0.717) is 36.8 Å². The summed E-state index contributed by atoms with van der Waals surface area (Å²) in [5.74, 6) is 1.39. The Labute approximate surface area is 186 Å². The molecule has 1 aliphatic heterocycles. The molecular formula is C22H25ClN6O2. The van der Waals surface area contributed by atoms with Gasteiger partial charge in [-0.3, -0.25) is 9.69 Å². The van der Waals surface area contributed by atoms with Crippen LogP contribution in [0, 0.1) is 0 Å². The minimum absolute atomic E-state index is 0.0487. The molecule has 1 fully saturated rings. The fraction of sp³-hybridized carbons (Fsp3) is 0.364. The van der Waals surface area contributed by atoms with E-state index in [1.165, 1.54) is 5.56 Å². The number of carbonyl (C=O) groups is 1. The van der Waals surface area contributed by atoms with Crippen LogP contribution in [0.4, 0.5) is 0 Å². The van der Waals surface area contributed by atoms with Gasteiger partial charge in [-0.05, 0) is 59.3 Å². The summed E-state index contributed by atoms with van der Waals surface area (Å²) in [6, 6.07) is 15.2. The predicted octanol–water partition coefficient (Wildman–Crippen LogP) is 2.88. The number of halogens is 1. The molecule has 31 heavy (non-hydrogen) atoms. The number of ether oxygens (including phenoxy) is 1. The fourth-order valence-corrected chi connectivity index (χ4v) is 3.68. The molecule has 0 unspecified atom stereocenters. The van der Waals surface area contributed by atoms with Gasteiger partial charge in [0.15, 0.2) is 5.82 Å². The van der Waals surface area contributed by atoms with E-state index in [9.17, 15) is 4.79 Å². The Morgan fingerprint density at radius 2 is 1.74 bits per heavy atom. The molecule has 0 saturated carbocycles. The highest BCUT2D eigenvalue weighted by Gasteiger charge is 2.22. The Morgan fingerprint density at radius 1 is 1.03 bits per heavy atom. The maximum absolute atomic E-state index is 12.9. The highest BCUT2D eigenvalue weighted by Crippen LogP contribution is 2.17.